The zero-order valence-electron chi connectivity index (χ0n) is 11.6. The van der Waals surface area contributed by atoms with E-state index in [2.05, 4.69) is 15.6 Å². The van der Waals surface area contributed by atoms with Crippen molar-refractivity contribution in [3.63, 3.8) is 0 Å². The van der Waals surface area contributed by atoms with Gasteiger partial charge in [-0.1, -0.05) is 35.9 Å². The second-order valence-electron chi connectivity index (χ2n) is 4.48. The number of fused-ring (bicyclic) bond motifs is 1. The summed E-state index contributed by atoms with van der Waals surface area (Å²) in [6.07, 6.45) is 0.237. The minimum atomic E-state index is -0.341. The predicted octanol–water partition coefficient (Wildman–Crippen LogP) is 2.14. The molecule has 0 aliphatic carbocycles. The first-order valence-corrected chi connectivity index (χ1v) is 7.09. The van der Waals surface area contributed by atoms with E-state index in [-0.39, 0.29) is 30.5 Å². The maximum atomic E-state index is 12.0. The summed E-state index contributed by atoms with van der Waals surface area (Å²) in [4.78, 5) is 27.4. The van der Waals surface area contributed by atoms with Gasteiger partial charge in [-0.25, -0.2) is 4.98 Å². The lowest BCUT2D eigenvalue weighted by molar-refractivity contribution is -0.120. The van der Waals surface area contributed by atoms with E-state index in [1.54, 1.807) is 6.07 Å². The van der Waals surface area contributed by atoms with Crippen molar-refractivity contribution in [1.29, 1.82) is 0 Å². The largest absolute Gasteiger partial charge is 0.356 e. The molecular weight excluding hydrogens is 290 g/mol. The van der Waals surface area contributed by atoms with Gasteiger partial charge in [-0.05, 0) is 18.4 Å². The van der Waals surface area contributed by atoms with Crippen molar-refractivity contribution in [2.24, 2.45) is 0 Å². The Labute approximate surface area is 127 Å². The lowest BCUT2D eigenvalue weighted by atomic mass is 10.1. The van der Waals surface area contributed by atoms with Crippen LogP contribution >= 0.6 is 11.6 Å². The van der Waals surface area contributed by atoms with E-state index in [4.69, 9.17) is 11.6 Å². The van der Waals surface area contributed by atoms with Crippen LogP contribution in [0.4, 0.5) is 0 Å². The van der Waals surface area contributed by atoms with Crippen molar-refractivity contribution in [3.05, 3.63) is 41.2 Å². The number of pyridine rings is 1. The van der Waals surface area contributed by atoms with Crippen molar-refractivity contribution in [2.45, 2.75) is 13.3 Å². The SMILES string of the molecule is CCNC(=O)CCNC(=O)c1cc2ccccc2c(Cl)n1. The number of benzene rings is 1. The Morgan fingerprint density at radius 3 is 2.76 bits per heavy atom. The average molecular weight is 306 g/mol. The predicted molar refractivity (Wildman–Crippen MR) is 82.4 cm³/mol. The Morgan fingerprint density at radius 1 is 1.24 bits per heavy atom. The molecule has 0 saturated heterocycles. The number of hydrogen-bond acceptors (Lipinski definition) is 3. The molecule has 0 fully saturated rings. The van der Waals surface area contributed by atoms with Gasteiger partial charge in [0, 0.05) is 24.9 Å². The molecule has 6 heteroatoms. The highest BCUT2D eigenvalue weighted by Gasteiger charge is 2.11. The molecule has 110 valence electrons. The van der Waals surface area contributed by atoms with Crippen molar-refractivity contribution in [3.8, 4) is 0 Å². The molecule has 0 radical (unpaired) electrons. The lowest BCUT2D eigenvalue weighted by Gasteiger charge is -2.07. The molecule has 0 bridgehead atoms. The molecule has 2 rings (SSSR count). The fourth-order valence-electron chi connectivity index (χ4n) is 1.94. The van der Waals surface area contributed by atoms with Crippen LogP contribution in [0.15, 0.2) is 30.3 Å². The number of nitrogens with zero attached hydrogens (tertiary/aromatic N) is 1. The van der Waals surface area contributed by atoms with Crippen LogP contribution in [0, 0.1) is 0 Å². The molecule has 0 unspecified atom stereocenters. The van der Waals surface area contributed by atoms with Gasteiger partial charge in [0.25, 0.3) is 5.91 Å². The number of aromatic nitrogens is 1. The smallest absolute Gasteiger partial charge is 0.269 e. The van der Waals surface area contributed by atoms with E-state index in [1.165, 1.54) is 0 Å². The molecule has 5 nitrogen and oxygen atoms in total. The summed E-state index contributed by atoms with van der Waals surface area (Å²) >= 11 is 6.08. The van der Waals surface area contributed by atoms with Gasteiger partial charge in [-0.2, -0.15) is 0 Å². The van der Waals surface area contributed by atoms with E-state index in [0.717, 1.165) is 10.8 Å². The Hall–Kier alpha value is -2.14. The van der Waals surface area contributed by atoms with Gasteiger partial charge in [0.1, 0.15) is 10.8 Å². The molecule has 0 atom stereocenters. The maximum absolute atomic E-state index is 12.0. The Morgan fingerprint density at radius 2 is 2.00 bits per heavy atom. The standard InChI is InChI=1S/C15H16ClN3O2/c1-2-17-13(20)7-8-18-15(21)12-9-10-5-3-4-6-11(10)14(16)19-12/h3-6,9H,2,7-8H2,1H3,(H,17,20)(H,18,21). The molecule has 2 aromatic rings. The van der Waals surface area contributed by atoms with Crippen molar-refractivity contribution in [2.75, 3.05) is 13.1 Å². The topological polar surface area (TPSA) is 71.1 Å². The van der Waals surface area contributed by atoms with Crippen LogP contribution in [0.2, 0.25) is 5.15 Å². The Bertz CT molecular complexity index is 673. The summed E-state index contributed by atoms with van der Waals surface area (Å²) in [6.45, 7) is 2.68. The molecule has 0 saturated carbocycles. The van der Waals surface area contributed by atoms with Crippen molar-refractivity contribution < 1.29 is 9.59 Å². The second-order valence-corrected chi connectivity index (χ2v) is 4.84. The van der Waals surface area contributed by atoms with Gasteiger partial charge in [0.2, 0.25) is 5.91 Å². The zero-order valence-corrected chi connectivity index (χ0v) is 12.4. The van der Waals surface area contributed by atoms with Crippen LogP contribution in [-0.2, 0) is 4.79 Å². The van der Waals surface area contributed by atoms with E-state index in [0.29, 0.717) is 11.7 Å². The summed E-state index contributed by atoms with van der Waals surface area (Å²) in [5, 5.41) is 7.27. The number of carbonyl (C=O) groups excluding carboxylic acids is 2. The Kier molecular flexibility index (Phi) is 5.11. The highest BCUT2D eigenvalue weighted by atomic mass is 35.5. The summed E-state index contributed by atoms with van der Waals surface area (Å²) in [7, 11) is 0. The number of carbonyl (C=O) groups is 2. The van der Waals surface area contributed by atoms with Crippen molar-refractivity contribution in [1.82, 2.24) is 15.6 Å². The zero-order chi connectivity index (χ0) is 15.2. The molecule has 1 aromatic heterocycles. The third-order valence-electron chi connectivity index (χ3n) is 2.94. The van der Waals surface area contributed by atoms with Crippen molar-refractivity contribution >= 4 is 34.2 Å². The first-order valence-electron chi connectivity index (χ1n) is 6.72. The number of halogens is 1. The molecule has 2 N–H and O–H groups in total. The first kappa shape index (κ1) is 15.3. The summed E-state index contributed by atoms with van der Waals surface area (Å²) in [5.41, 5.74) is 0.245. The second kappa shape index (κ2) is 7.04. The first-order chi connectivity index (χ1) is 10.1. The highest BCUT2D eigenvalue weighted by Crippen LogP contribution is 2.22. The molecule has 21 heavy (non-hydrogen) atoms. The average Bonchev–Trinajstić information content (AvgIpc) is 2.47. The van der Waals surface area contributed by atoms with Gasteiger partial charge in [-0.3, -0.25) is 9.59 Å². The maximum Gasteiger partial charge on any atom is 0.269 e. The monoisotopic (exact) mass is 305 g/mol. The fraction of sp³-hybridized carbons (Fsp3) is 0.267. The fourth-order valence-corrected chi connectivity index (χ4v) is 2.20. The summed E-state index contributed by atoms with van der Waals surface area (Å²) in [6, 6.07) is 9.13. The molecular formula is C15H16ClN3O2. The molecule has 0 aliphatic rings. The molecule has 1 aromatic carbocycles. The normalized spacial score (nSPS) is 10.4. The number of nitrogens with one attached hydrogen (secondary N) is 2. The minimum Gasteiger partial charge on any atom is -0.356 e. The minimum absolute atomic E-state index is 0.0951. The van der Waals surface area contributed by atoms with Crippen LogP contribution in [0.1, 0.15) is 23.8 Å². The van der Waals surface area contributed by atoms with E-state index in [9.17, 15) is 9.59 Å². The third-order valence-corrected chi connectivity index (χ3v) is 3.23. The molecule has 1 heterocycles. The van der Waals surface area contributed by atoms with Crippen LogP contribution in [0.3, 0.4) is 0 Å². The van der Waals surface area contributed by atoms with Gasteiger partial charge in [0.05, 0.1) is 0 Å². The van der Waals surface area contributed by atoms with Crippen LogP contribution in [0.25, 0.3) is 10.8 Å². The van der Waals surface area contributed by atoms with Gasteiger partial charge >= 0.3 is 0 Å². The number of rotatable bonds is 5. The van der Waals surface area contributed by atoms with Crippen LogP contribution in [-0.4, -0.2) is 29.9 Å². The van der Waals surface area contributed by atoms with Crippen LogP contribution < -0.4 is 10.6 Å². The molecule has 0 spiro atoms. The highest BCUT2D eigenvalue weighted by molar-refractivity contribution is 6.34. The summed E-state index contributed by atoms with van der Waals surface area (Å²) < 4.78 is 0. The van der Waals surface area contributed by atoms with E-state index in [1.807, 2.05) is 31.2 Å². The van der Waals surface area contributed by atoms with E-state index >= 15 is 0 Å². The molecule has 0 aliphatic heterocycles. The number of amides is 2. The Balaban J connectivity index is 2.04. The van der Waals surface area contributed by atoms with Gasteiger partial charge < -0.3 is 10.6 Å². The van der Waals surface area contributed by atoms with Crippen LogP contribution in [0.5, 0.6) is 0 Å². The summed E-state index contributed by atoms with van der Waals surface area (Å²) in [5.74, 6) is -0.436. The van der Waals surface area contributed by atoms with E-state index < -0.39 is 0 Å². The van der Waals surface area contributed by atoms with Gasteiger partial charge in [-0.15, -0.1) is 0 Å². The number of hydrogen-bond donors (Lipinski definition) is 2. The third kappa shape index (κ3) is 3.92. The lowest BCUT2D eigenvalue weighted by Crippen LogP contribution is -2.31. The quantitative estimate of drug-likeness (QED) is 0.831. The molecule has 2 amide bonds. The van der Waals surface area contributed by atoms with Gasteiger partial charge in [0.15, 0.2) is 0 Å².